The maximum absolute atomic E-state index is 12.8. The van der Waals surface area contributed by atoms with Gasteiger partial charge in [0.05, 0.1) is 24.3 Å². The highest BCUT2D eigenvalue weighted by Crippen LogP contribution is 2.27. The second-order valence-electron chi connectivity index (χ2n) is 3.51. The molecule has 2 rings (SSSR count). The highest BCUT2D eigenvalue weighted by atomic mass is 35.5. The summed E-state index contributed by atoms with van der Waals surface area (Å²) >= 11 is 5.66. The SMILES string of the molecule is O=S(=O)(c1ccc(F)cc1Cl)N1CC(O)CO1. The minimum atomic E-state index is -3.97. The molecule has 0 radical (unpaired) electrons. The molecule has 0 aromatic heterocycles. The number of nitrogens with zero attached hydrogens (tertiary/aromatic N) is 1. The van der Waals surface area contributed by atoms with E-state index in [4.69, 9.17) is 16.4 Å². The maximum atomic E-state index is 12.8. The Balaban J connectivity index is 2.38. The number of hydrogen-bond acceptors (Lipinski definition) is 4. The van der Waals surface area contributed by atoms with Crippen LogP contribution >= 0.6 is 11.6 Å². The first-order valence-corrected chi connectivity index (χ1v) is 6.52. The van der Waals surface area contributed by atoms with Crippen molar-refractivity contribution in [3.05, 3.63) is 29.0 Å². The van der Waals surface area contributed by atoms with Gasteiger partial charge in [0.25, 0.3) is 10.0 Å². The van der Waals surface area contributed by atoms with Gasteiger partial charge in [0.1, 0.15) is 10.7 Å². The van der Waals surface area contributed by atoms with E-state index in [1.54, 1.807) is 0 Å². The monoisotopic (exact) mass is 281 g/mol. The van der Waals surface area contributed by atoms with Gasteiger partial charge in [0, 0.05) is 0 Å². The number of hydroxylamine groups is 1. The molecule has 17 heavy (non-hydrogen) atoms. The summed E-state index contributed by atoms with van der Waals surface area (Å²) in [6.07, 6.45) is -0.871. The second kappa shape index (κ2) is 4.51. The zero-order valence-corrected chi connectivity index (χ0v) is 10.1. The largest absolute Gasteiger partial charge is 0.389 e. The first-order valence-electron chi connectivity index (χ1n) is 4.70. The molecule has 8 heteroatoms. The van der Waals surface area contributed by atoms with Crippen molar-refractivity contribution < 1.29 is 22.8 Å². The van der Waals surface area contributed by atoms with Crippen LogP contribution in [0, 0.1) is 5.82 Å². The minimum Gasteiger partial charge on any atom is -0.389 e. The Hall–Kier alpha value is -0.730. The van der Waals surface area contributed by atoms with Crippen LogP contribution in [0.1, 0.15) is 0 Å². The van der Waals surface area contributed by atoms with Crippen molar-refractivity contribution in [2.75, 3.05) is 13.2 Å². The fourth-order valence-corrected chi connectivity index (χ4v) is 3.20. The lowest BCUT2D eigenvalue weighted by Crippen LogP contribution is -2.28. The van der Waals surface area contributed by atoms with Crippen LogP contribution in [0.3, 0.4) is 0 Å². The normalized spacial score (nSPS) is 21.9. The lowest BCUT2D eigenvalue weighted by Gasteiger charge is -2.14. The summed E-state index contributed by atoms with van der Waals surface area (Å²) in [6.45, 7) is -0.270. The van der Waals surface area contributed by atoms with Gasteiger partial charge in [-0.2, -0.15) is 0 Å². The van der Waals surface area contributed by atoms with E-state index in [2.05, 4.69) is 0 Å². The van der Waals surface area contributed by atoms with E-state index in [0.29, 0.717) is 4.47 Å². The number of sulfonamides is 1. The molecule has 1 fully saturated rings. The van der Waals surface area contributed by atoms with Crippen molar-refractivity contribution in [3.8, 4) is 0 Å². The molecule has 0 amide bonds. The Labute approximate surface area is 102 Å². The molecule has 0 bridgehead atoms. The molecule has 1 aromatic carbocycles. The number of aliphatic hydroxyl groups is 1. The number of hydrogen-bond donors (Lipinski definition) is 1. The van der Waals surface area contributed by atoms with Gasteiger partial charge in [-0.15, -0.1) is 0 Å². The van der Waals surface area contributed by atoms with E-state index < -0.39 is 21.9 Å². The Kier molecular flexibility index (Phi) is 3.37. The van der Waals surface area contributed by atoms with Crippen molar-refractivity contribution in [3.63, 3.8) is 0 Å². The van der Waals surface area contributed by atoms with Crippen LogP contribution in [0.25, 0.3) is 0 Å². The van der Waals surface area contributed by atoms with Crippen molar-refractivity contribution in [1.82, 2.24) is 4.47 Å². The van der Waals surface area contributed by atoms with Crippen LogP contribution in [-0.2, 0) is 14.9 Å². The molecule has 0 saturated carbocycles. The highest BCUT2D eigenvalue weighted by molar-refractivity contribution is 7.89. The van der Waals surface area contributed by atoms with Crippen LogP contribution < -0.4 is 0 Å². The van der Waals surface area contributed by atoms with E-state index in [9.17, 15) is 17.9 Å². The first kappa shape index (κ1) is 12.7. The van der Waals surface area contributed by atoms with E-state index in [1.807, 2.05) is 0 Å². The summed E-state index contributed by atoms with van der Waals surface area (Å²) in [7, 11) is -3.97. The molecule has 1 unspecified atom stereocenters. The molecular weight excluding hydrogens is 273 g/mol. The number of rotatable bonds is 2. The summed E-state index contributed by atoms with van der Waals surface area (Å²) in [6, 6.07) is 2.95. The van der Waals surface area contributed by atoms with Crippen molar-refractivity contribution in [1.29, 1.82) is 0 Å². The molecule has 1 aromatic rings. The van der Waals surface area contributed by atoms with Gasteiger partial charge in [-0.05, 0) is 18.2 Å². The summed E-state index contributed by atoms with van der Waals surface area (Å²) in [5, 5.41) is 8.97. The Morgan fingerprint density at radius 3 is 2.76 bits per heavy atom. The standard InChI is InChI=1S/C9H9ClFNO4S/c10-8-3-6(11)1-2-9(8)17(14,15)12-4-7(13)5-16-12/h1-3,7,13H,4-5H2. The van der Waals surface area contributed by atoms with Gasteiger partial charge < -0.3 is 5.11 Å². The van der Waals surface area contributed by atoms with E-state index in [1.165, 1.54) is 0 Å². The predicted octanol–water partition coefficient (Wildman–Crippen LogP) is 0.776. The fourth-order valence-electron chi connectivity index (χ4n) is 1.41. The van der Waals surface area contributed by atoms with Gasteiger partial charge >= 0.3 is 0 Å². The molecule has 1 aliphatic heterocycles. The van der Waals surface area contributed by atoms with Crippen LogP contribution in [0.15, 0.2) is 23.1 Å². The quantitative estimate of drug-likeness (QED) is 0.870. The third-order valence-electron chi connectivity index (χ3n) is 2.21. The predicted molar refractivity (Wildman–Crippen MR) is 57.3 cm³/mol. The average molecular weight is 282 g/mol. The minimum absolute atomic E-state index is 0.0992. The van der Waals surface area contributed by atoms with E-state index in [-0.39, 0.29) is 23.1 Å². The van der Waals surface area contributed by atoms with Crippen molar-refractivity contribution in [2.24, 2.45) is 0 Å². The van der Waals surface area contributed by atoms with Gasteiger partial charge in [0.2, 0.25) is 0 Å². The summed E-state index contributed by atoms with van der Waals surface area (Å²) < 4.78 is 37.5. The van der Waals surface area contributed by atoms with Crippen LogP contribution in [-0.4, -0.2) is 37.2 Å². The van der Waals surface area contributed by atoms with Gasteiger partial charge in [0.15, 0.2) is 0 Å². The van der Waals surface area contributed by atoms with Crippen molar-refractivity contribution >= 4 is 21.6 Å². The molecule has 0 spiro atoms. The van der Waals surface area contributed by atoms with Crippen molar-refractivity contribution in [2.45, 2.75) is 11.0 Å². The molecule has 5 nitrogen and oxygen atoms in total. The highest BCUT2D eigenvalue weighted by Gasteiger charge is 2.34. The van der Waals surface area contributed by atoms with Crippen LogP contribution in [0.5, 0.6) is 0 Å². The number of β-amino-alcohol motifs (C(OH)–C–C–N with tert-alkyl or cyclic N) is 1. The number of halogens is 2. The third kappa shape index (κ3) is 2.43. The Bertz CT molecular complexity index is 536. The zero-order valence-electron chi connectivity index (χ0n) is 8.51. The Morgan fingerprint density at radius 1 is 1.53 bits per heavy atom. The average Bonchev–Trinajstić information content (AvgIpc) is 2.64. The lowest BCUT2D eigenvalue weighted by molar-refractivity contribution is -0.0316. The zero-order chi connectivity index (χ0) is 12.6. The summed E-state index contributed by atoms with van der Waals surface area (Å²) in [5.41, 5.74) is 0. The molecular formula is C9H9ClFNO4S. The van der Waals surface area contributed by atoms with Gasteiger partial charge in [-0.1, -0.05) is 16.1 Å². The maximum Gasteiger partial charge on any atom is 0.266 e. The number of aliphatic hydroxyl groups excluding tert-OH is 1. The van der Waals surface area contributed by atoms with Gasteiger partial charge in [-0.3, -0.25) is 4.84 Å². The lowest BCUT2D eigenvalue weighted by atomic mass is 10.3. The molecule has 1 aliphatic rings. The van der Waals surface area contributed by atoms with E-state index >= 15 is 0 Å². The second-order valence-corrected chi connectivity index (χ2v) is 5.72. The summed E-state index contributed by atoms with van der Waals surface area (Å²) in [4.78, 5) is 4.56. The summed E-state index contributed by atoms with van der Waals surface area (Å²) in [5.74, 6) is -0.628. The van der Waals surface area contributed by atoms with Crippen LogP contribution in [0.2, 0.25) is 5.02 Å². The first-order chi connectivity index (χ1) is 7.91. The number of benzene rings is 1. The molecule has 1 atom stereocenters. The van der Waals surface area contributed by atoms with E-state index in [0.717, 1.165) is 18.2 Å². The third-order valence-corrected chi connectivity index (χ3v) is 4.34. The molecule has 1 N–H and O–H groups in total. The van der Waals surface area contributed by atoms with Gasteiger partial charge in [-0.25, -0.2) is 12.8 Å². The smallest absolute Gasteiger partial charge is 0.266 e. The van der Waals surface area contributed by atoms with Crippen LogP contribution in [0.4, 0.5) is 4.39 Å². The Morgan fingerprint density at radius 2 is 2.24 bits per heavy atom. The fraction of sp³-hybridized carbons (Fsp3) is 0.333. The topological polar surface area (TPSA) is 66.8 Å². The molecule has 0 aliphatic carbocycles. The molecule has 94 valence electrons. The molecule has 1 heterocycles. The molecule has 1 saturated heterocycles.